The van der Waals surface area contributed by atoms with Crippen molar-refractivity contribution >= 4 is 11.6 Å². The van der Waals surface area contributed by atoms with Crippen molar-refractivity contribution in [2.24, 2.45) is 0 Å². The van der Waals surface area contributed by atoms with Crippen molar-refractivity contribution in [2.45, 2.75) is 6.10 Å². The van der Waals surface area contributed by atoms with E-state index in [4.69, 9.17) is 21.1 Å². The van der Waals surface area contributed by atoms with Crippen LogP contribution in [0.25, 0.3) is 0 Å². The van der Waals surface area contributed by atoms with E-state index in [1.165, 1.54) is 0 Å². The fourth-order valence-corrected chi connectivity index (χ4v) is 1.36. The number of halogens is 1. The lowest BCUT2D eigenvalue weighted by Gasteiger charge is -2.14. The van der Waals surface area contributed by atoms with Gasteiger partial charge < -0.3 is 9.47 Å². The van der Waals surface area contributed by atoms with E-state index in [-0.39, 0.29) is 6.10 Å². The summed E-state index contributed by atoms with van der Waals surface area (Å²) < 4.78 is 10.3. The average molecular weight is 201 g/mol. The monoisotopic (exact) mass is 200 g/mol. The van der Waals surface area contributed by atoms with Gasteiger partial charge in [-0.25, -0.2) is 0 Å². The van der Waals surface area contributed by atoms with Crippen LogP contribution in [0.2, 0.25) is 5.02 Å². The van der Waals surface area contributed by atoms with Crippen LogP contribution in [-0.2, 0) is 9.47 Å². The van der Waals surface area contributed by atoms with E-state index in [0.717, 1.165) is 10.6 Å². The van der Waals surface area contributed by atoms with Gasteiger partial charge in [0.25, 0.3) is 0 Å². The molecule has 2 nitrogen and oxygen atoms in total. The molecule has 0 aliphatic rings. The first-order valence-corrected chi connectivity index (χ1v) is 4.43. The van der Waals surface area contributed by atoms with E-state index in [2.05, 4.69) is 0 Å². The van der Waals surface area contributed by atoms with Gasteiger partial charge in [-0.2, -0.15) is 0 Å². The molecule has 0 radical (unpaired) electrons. The maximum absolute atomic E-state index is 5.85. The summed E-state index contributed by atoms with van der Waals surface area (Å²) in [6.07, 6.45) is -0.0382. The van der Waals surface area contributed by atoms with Crippen molar-refractivity contribution in [2.75, 3.05) is 20.8 Å². The summed E-state index contributed by atoms with van der Waals surface area (Å²) in [4.78, 5) is 0. The highest BCUT2D eigenvalue weighted by molar-refractivity contribution is 6.30. The molecule has 0 N–H and O–H groups in total. The molecule has 0 saturated heterocycles. The van der Waals surface area contributed by atoms with Gasteiger partial charge >= 0.3 is 0 Å². The Balaban J connectivity index is 2.78. The Labute approximate surface area is 83.4 Å². The minimum atomic E-state index is -0.0382. The lowest BCUT2D eigenvalue weighted by Crippen LogP contribution is -2.08. The van der Waals surface area contributed by atoms with E-state index in [0.29, 0.717) is 6.61 Å². The number of benzene rings is 1. The zero-order valence-electron chi connectivity index (χ0n) is 7.79. The molecule has 0 aromatic heterocycles. The third-order valence-corrected chi connectivity index (χ3v) is 2.06. The van der Waals surface area contributed by atoms with Crippen LogP contribution in [0.15, 0.2) is 24.3 Å². The molecule has 0 heterocycles. The summed E-state index contributed by atoms with van der Waals surface area (Å²) in [7, 11) is 3.31. The quantitative estimate of drug-likeness (QED) is 0.744. The van der Waals surface area contributed by atoms with Crippen LogP contribution < -0.4 is 0 Å². The van der Waals surface area contributed by atoms with Gasteiger partial charge in [0, 0.05) is 19.2 Å². The highest BCUT2D eigenvalue weighted by atomic mass is 35.5. The molecular formula is C10H13ClO2. The number of rotatable bonds is 4. The topological polar surface area (TPSA) is 18.5 Å². The van der Waals surface area contributed by atoms with E-state index in [1.807, 2.05) is 24.3 Å². The SMILES string of the molecule is COCC(OC)c1cccc(Cl)c1. The molecule has 0 saturated carbocycles. The first kappa shape index (κ1) is 10.5. The van der Waals surface area contributed by atoms with Crippen molar-refractivity contribution in [3.63, 3.8) is 0 Å². The number of hydrogen-bond acceptors (Lipinski definition) is 2. The third kappa shape index (κ3) is 2.99. The summed E-state index contributed by atoms with van der Waals surface area (Å²) >= 11 is 5.85. The predicted molar refractivity (Wildman–Crippen MR) is 53.1 cm³/mol. The summed E-state index contributed by atoms with van der Waals surface area (Å²) in [5.74, 6) is 0. The maximum Gasteiger partial charge on any atom is 0.105 e. The van der Waals surface area contributed by atoms with Gasteiger partial charge in [-0.3, -0.25) is 0 Å². The van der Waals surface area contributed by atoms with Gasteiger partial charge in [0.2, 0.25) is 0 Å². The zero-order chi connectivity index (χ0) is 9.68. The van der Waals surface area contributed by atoms with Crippen molar-refractivity contribution in [3.8, 4) is 0 Å². The molecule has 1 rings (SSSR count). The molecule has 0 amide bonds. The molecule has 1 aromatic rings. The Hall–Kier alpha value is -0.570. The Kier molecular flexibility index (Phi) is 4.22. The van der Waals surface area contributed by atoms with Gasteiger partial charge in [-0.05, 0) is 17.7 Å². The fraction of sp³-hybridized carbons (Fsp3) is 0.400. The van der Waals surface area contributed by atoms with Crippen molar-refractivity contribution in [3.05, 3.63) is 34.9 Å². The van der Waals surface area contributed by atoms with Gasteiger partial charge in [0.15, 0.2) is 0 Å². The predicted octanol–water partition coefficient (Wildman–Crippen LogP) is 2.67. The summed E-state index contributed by atoms with van der Waals surface area (Å²) in [5, 5.41) is 0.718. The molecule has 0 aliphatic carbocycles. The second-order valence-electron chi connectivity index (χ2n) is 2.73. The van der Waals surface area contributed by atoms with Crippen molar-refractivity contribution in [1.82, 2.24) is 0 Å². The minimum absolute atomic E-state index is 0.0382. The Bertz CT molecular complexity index is 263. The number of methoxy groups -OCH3 is 2. The smallest absolute Gasteiger partial charge is 0.105 e. The molecule has 0 bridgehead atoms. The zero-order valence-corrected chi connectivity index (χ0v) is 8.54. The van der Waals surface area contributed by atoms with Crippen LogP contribution in [-0.4, -0.2) is 20.8 Å². The van der Waals surface area contributed by atoms with E-state index in [1.54, 1.807) is 14.2 Å². The van der Waals surface area contributed by atoms with Crippen LogP contribution in [0.4, 0.5) is 0 Å². The van der Waals surface area contributed by atoms with Gasteiger partial charge in [-0.15, -0.1) is 0 Å². The number of hydrogen-bond donors (Lipinski definition) is 0. The average Bonchev–Trinajstić information content (AvgIpc) is 2.14. The lowest BCUT2D eigenvalue weighted by atomic mass is 10.1. The Morgan fingerprint density at radius 1 is 1.38 bits per heavy atom. The maximum atomic E-state index is 5.85. The van der Waals surface area contributed by atoms with Crippen LogP contribution in [0, 0.1) is 0 Å². The van der Waals surface area contributed by atoms with Gasteiger partial charge in [0.1, 0.15) is 6.10 Å². The highest BCUT2D eigenvalue weighted by Crippen LogP contribution is 2.20. The largest absolute Gasteiger partial charge is 0.382 e. The molecular weight excluding hydrogens is 188 g/mol. The highest BCUT2D eigenvalue weighted by Gasteiger charge is 2.09. The first-order chi connectivity index (χ1) is 6.27. The third-order valence-electron chi connectivity index (χ3n) is 1.82. The van der Waals surface area contributed by atoms with E-state index in [9.17, 15) is 0 Å². The standard InChI is InChI=1S/C10H13ClO2/c1-12-7-10(13-2)8-4-3-5-9(11)6-8/h3-6,10H,7H2,1-2H3. The molecule has 1 unspecified atom stereocenters. The van der Waals surface area contributed by atoms with Gasteiger partial charge in [0.05, 0.1) is 6.61 Å². The first-order valence-electron chi connectivity index (χ1n) is 4.05. The molecule has 0 aliphatic heterocycles. The van der Waals surface area contributed by atoms with Crippen LogP contribution >= 0.6 is 11.6 Å². The second kappa shape index (κ2) is 5.22. The Morgan fingerprint density at radius 2 is 2.15 bits per heavy atom. The van der Waals surface area contributed by atoms with Crippen LogP contribution in [0.1, 0.15) is 11.7 Å². The lowest BCUT2D eigenvalue weighted by molar-refractivity contribution is 0.0275. The van der Waals surface area contributed by atoms with Crippen LogP contribution in [0.5, 0.6) is 0 Å². The fourth-order valence-electron chi connectivity index (χ4n) is 1.16. The van der Waals surface area contributed by atoms with Gasteiger partial charge in [-0.1, -0.05) is 23.7 Å². The normalized spacial score (nSPS) is 12.8. The molecule has 1 aromatic carbocycles. The molecule has 3 heteroatoms. The Morgan fingerprint density at radius 3 is 2.69 bits per heavy atom. The summed E-state index contributed by atoms with van der Waals surface area (Å²) in [6.45, 7) is 0.539. The molecule has 1 atom stereocenters. The van der Waals surface area contributed by atoms with Crippen molar-refractivity contribution in [1.29, 1.82) is 0 Å². The molecule has 13 heavy (non-hydrogen) atoms. The molecule has 0 spiro atoms. The van der Waals surface area contributed by atoms with E-state index < -0.39 is 0 Å². The van der Waals surface area contributed by atoms with Crippen LogP contribution in [0.3, 0.4) is 0 Å². The molecule has 0 fully saturated rings. The second-order valence-corrected chi connectivity index (χ2v) is 3.17. The summed E-state index contributed by atoms with van der Waals surface area (Å²) in [5.41, 5.74) is 1.04. The summed E-state index contributed by atoms with van der Waals surface area (Å²) in [6, 6.07) is 7.59. The molecule has 72 valence electrons. The minimum Gasteiger partial charge on any atom is -0.382 e. The van der Waals surface area contributed by atoms with E-state index >= 15 is 0 Å². The number of ether oxygens (including phenoxy) is 2. The van der Waals surface area contributed by atoms with Crippen molar-refractivity contribution < 1.29 is 9.47 Å².